The van der Waals surface area contributed by atoms with Gasteiger partial charge in [-0.05, 0) is 12.8 Å². The minimum Gasteiger partial charge on any atom is -0.375 e. The molecule has 1 unspecified atom stereocenters. The van der Waals surface area contributed by atoms with Gasteiger partial charge in [0.15, 0.2) is 5.79 Å². The SMILES string of the molecule is C1CCN(C2(N3CCNCC3)COCCN2)CC1. The van der Waals surface area contributed by atoms with E-state index in [-0.39, 0.29) is 5.79 Å². The molecule has 0 saturated carbocycles. The highest BCUT2D eigenvalue weighted by molar-refractivity contribution is 4.93. The van der Waals surface area contributed by atoms with Gasteiger partial charge in [-0.1, -0.05) is 6.42 Å². The number of nitrogens with one attached hydrogen (secondary N) is 2. The molecular weight excluding hydrogens is 228 g/mol. The normalized spacial score (nSPS) is 36.7. The first-order valence-corrected chi connectivity index (χ1v) is 7.45. The highest BCUT2D eigenvalue weighted by Crippen LogP contribution is 2.25. The summed E-state index contributed by atoms with van der Waals surface area (Å²) in [6.07, 6.45) is 4.04. The summed E-state index contributed by atoms with van der Waals surface area (Å²) in [5, 5.41) is 7.22. The Kier molecular flexibility index (Phi) is 4.16. The van der Waals surface area contributed by atoms with E-state index >= 15 is 0 Å². The molecule has 3 saturated heterocycles. The fourth-order valence-electron chi connectivity index (χ4n) is 3.49. The lowest BCUT2D eigenvalue weighted by Crippen LogP contribution is -2.76. The first-order valence-electron chi connectivity index (χ1n) is 7.45. The fraction of sp³-hybridized carbons (Fsp3) is 1.00. The molecule has 2 N–H and O–H groups in total. The van der Waals surface area contributed by atoms with Crippen LogP contribution in [-0.2, 0) is 4.74 Å². The van der Waals surface area contributed by atoms with Gasteiger partial charge in [0.05, 0.1) is 13.2 Å². The van der Waals surface area contributed by atoms with Crippen molar-refractivity contribution < 1.29 is 4.74 Å². The molecule has 0 bridgehead atoms. The van der Waals surface area contributed by atoms with Crippen molar-refractivity contribution in [3.63, 3.8) is 0 Å². The van der Waals surface area contributed by atoms with Crippen LogP contribution in [0.2, 0.25) is 0 Å². The van der Waals surface area contributed by atoms with Crippen LogP contribution < -0.4 is 10.6 Å². The number of nitrogens with zero attached hydrogens (tertiary/aromatic N) is 2. The Labute approximate surface area is 110 Å². The van der Waals surface area contributed by atoms with Gasteiger partial charge >= 0.3 is 0 Å². The zero-order valence-corrected chi connectivity index (χ0v) is 11.3. The predicted molar refractivity (Wildman–Crippen MR) is 71.4 cm³/mol. The van der Waals surface area contributed by atoms with Gasteiger partial charge in [0.1, 0.15) is 0 Å². The van der Waals surface area contributed by atoms with Gasteiger partial charge in [0.25, 0.3) is 0 Å². The van der Waals surface area contributed by atoms with Crippen LogP contribution in [0, 0.1) is 0 Å². The number of piperidine rings is 1. The monoisotopic (exact) mass is 254 g/mol. The molecule has 0 radical (unpaired) electrons. The molecule has 0 spiro atoms. The van der Waals surface area contributed by atoms with E-state index < -0.39 is 0 Å². The summed E-state index contributed by atoms with van der Waals surface area (Å²) in [5.41, 5.74) is 0. The van der Waals surface area contributed by atoms with Crippen LogP contribution in [0.4, 0.5) is 0 Å². The van der Waals surface area contributed by atoms with Crippen LogP contribution >= 0.6 is 0 Å². The number of hydrogen-bond donors (Lipinski definition) is 2. The van der Waals surface area contributed by atoms with Crippen LogP contribution in [0.25, 0.3) is 0 Å². The van der Waals surface area contributed by atoms with Gasteiger partial charge < -0.3 is 10.1 Å². The van der Waals surface area contributed by atoms with Gasteiger partial charge in [-0.2, -0.15) is 0 Å². The predicted octanol–water partition coefficient (Wildman–Crippen LogP) is -0.349. The molecule has 5 nitrogen and oxygen atoms in total. The number of rotatable bonds is 2. The maximum Gasteiger partial charge on any atom is 0.153 e. The summed E-state index contributed by atoms with van der Waals surface area (Å²) in [6.45, 7) is 9.48. The number of ether oxygens (including phenoxy) is 1. The molecule has 0 aromatic rings. The van der Waals surface area contributed by atoms with Crippen molar-refractivity contribution in [1.29, 1.82) is 0 Å². The molecule has 3 fully saturated rings. The molecule has 18 heavy (non-hydrogen) atoms. The quantitative estimate of drug-likeness (QED) is 0.705. The van der Waals surface area contributed by atoms with Gasteiger partial charge in [-0.3, -0.25) is 15.1 Å². The lowest BCUT2D eigenvalue weighted by atomic mass is 10.1. The van der Waals surface area contributed by atoms with E-state index in [1.165, 1.54) is 32.4 Å². The van der Waals surface area contributed by atoms with Gasteiger partial charge in [-0.25, -0.2) is 0 Å². The first-order chi connectivity index (χ1) is 8.92. The molecule has 5 heteroatoms. The number of hydrogen-bond acceptors (Lipinski definition) is 5. The zero-order valence-electron chi connectivity index (χ0n) is 11.3. The Morgan fingerprint density at radius 3 is 2.22 bits per heavy atom. The summed E-state index contributed by atoms with van der Waals surface area (Å²) >= 11 is 0. The van der Waals surface area contributed by atoms with Gasteiger partial charge in [0, 0.05) is 45.8 Å². The molecular formula is C13H26N4O. The van der Waals surface area contributed by atoms with Crippen molar-refractivity contribution in [2.45, 2.75) is 25.0 Å². The largest absolute Gasteiger partial charge is 0.375 e. The molecule has 0 aromatic carbocycles. The van der Waals surface area contributed by atoms with Crippen LogP contribution in [0.15, 0.2) is 0 Å². The minimum atomic E-state index is -0.0270. The summed E-state index contributed by atoms with van der Waals surface area (Å²) in [7, 11) is 0. The maximum absolute atomic E-state index is 5.83. The number of likely N-dealkylation sites (tertiary alicyclic amines) is 1. The smallest absolute Gasteiger partial charge is 0.153 e. The van der Waals surface area contributed by atoms with E-state index in [1.807, 2.05) is 0 Å². The second kappa shape index (κ2) is 5.84. The summed E-state index contributed by atoms with van der Waals surface area (Å²) in [4.78, 5) is 5.22. The van der Waals surface area contributed by atoms with Crippen molar-refractivity contribution in [1.82, 2.24) is 20.4 Å². The Morgan fingerprint density at radius 2 is 1.56 bits per heavy atom. The highest BCUT2D eigenvalue weighted by atomic mass is 16.5. The standard InChI is InChI=1S/C13H26N4O/c1-2-7-16(8-3-1)13(12-18-11-6-15-13)17-9-4-14-5-10-17/h14-15H,1-12H2. The molecule has 0 amide bonds. The third kappa shape index (κ3) is 2.42. The van der Waals surface area contributed by atoms with E-state index in [2.05, 4.69) is 20.4 Å². The van der Waals surface area contributed by atoms with Crippen molar-refractivity contribution in [2.24, 2.45) is 0 Å². The van der Waals surface area contributed by atoms with Gasteiger partial charge in [-0.15, -0.1) is 0 Å². The number of piperazine rings is 1. The van der Waals surface area contributed by atoms with E-state index in [1.54, 1.807) is 0 Å². The van der Waals surface area contributed by atoms with Crippen LogP contribution in [0.5, 0.6) is 0 Å². The highest BCUT2D eigenvalue weighted by Gasteiger charge is 2.44. The average molecular weight is 254 g/mol. The van der Waals surface area contributed by atoms with Crippen molar-refractivity contribution in [2.75, 3.05) is 59.0 Å². The molecule has 3 heterocycles. The Hall–Kier alpha value is -0.200. The van der Waals surface area contributed by atoms with E-state index in [9.17, 15) is 0 Å². The topological polar surface area (TPSA) is 39.8 Å². The lowest BCUT2D eigenvalue weighted by molar-refractivity contribution is -0.162. The third-order valence-electron chi connectivity index (χ3n) is 4.48. The second-order valence-corrected chi connectivity index (χ2v) is 5.58. The molecule has 1 atom stereocenters. The van der Waals surface area contributed by atoms with Crippen LogP contribution in [0.3, 0.4) is 0 Å². The average Bonchev–Trinajstić information content (AvgIpc) is 2.50. The maximum atomic E-state index is 5.83. The molecule has 3 aliphatic rings. The molecule has 104 valence electrons. The zero-order chi connectivity index (χ0) is 12.3. The Bertz CT molecular complexity index is 236. The van der Waals surface area contributed by atoms with E-state index in [0.29, 0.717) is 0 Å². The first kappa shape index (κ1) is 12.8. The second-order valence-electron chi connectivity index (χ2n) is 5.58. The summed E-state index contributed by atoms with van der Waals surface area (Å²) < 4.78 is 5.83. The van der Waals surface area contributed by atoms with Crippen molar-refractivity contribution in [3.8, 4) is 0 Å². The Balaban J connectivity index is 1.77. The van der Waals surface area contributed by atoms with Crippen molar-refractivity contribution in [3.05, 3.63) is 0 Å². The molecule has 0 aromatic heterocycles. The minimum absolute atomic E-state index is 0.0270. The summed E-state index contributed by atoms with van der Waals surface area (Å²) in [5.74, 6) is -0.0270. The van der Waals surface area contributed by atoms with Gasteiger partial charge in [0.2, 0.25) is 0 Å². The van der Waals surface area contributed by atoms with E-state index in [0.717, 1.165) is 45.9 Å². The fourth-order valence-corrected chi connectivity index (χ4v) is 3.49. The Morgan fingerprint density at radius 1 is 0.833 bits per heavy atom. The van der Waals surface area contributed by atoms with Crippen LogP contribution in [0.1, 0.15) is 19.3 Å². The van der Waals surface area contributed by atoms with Crippen molar-refractivity contribution >= 4 is 0 Å². The van der Waals surface area contributed by atoms with Crippen LogP contribution in [-0.4, -0.2) is 74.6 Å². The lowest BCUT2D eigenvalue weighted by Gasteiger charge is -2.54. The molecule has 0 aliphatic carbocycles. The summed E-state index contributed by atoms with van der Waals surface area (Å²) in [6, 6.07) is 0. The number of morpholine rings is 1. The van der Waals surface area contributed by atoms with E-state index in [4.69, 9.17) is 4.74 Å². The third-order valence-corrected chi connectivity index (χ3v) is 4.48. The molecule has 3 rings (SSSR count). The molecule has 3 aliphatic heterocycles.